The van der Waals surface area contributed by atoms with Gasteiger partial charge in [-0.25, -0.2) is 0 Å². The number of piperidine rings is 1. The molecule has 2 saturated heterocycles. The first-order chi connectivity index (χ1) is 8.98. The Bertz CT molecular complexity index is 306. The van der Waals surface area contributed by atoms with Gasteiger partial charge in [0, 0.05) is 25.7 Å². The van der Waals surface area contributed by atoms with E-state index in [4.69, 9.17) is 4.74 Å². The third-order valence-corrected chi connectivity index (χ3v) is 4.29. The molecule has 2 fully saturated rings. The minimum absolute atomic E-state index is 0.182. The molecule has 1 unspecified atom stereocenters. The number of carbonyl (C=O) groups excluding carboxylic acids is 1. The third kappa shape index (κ3) is 3.93. The summed E-state index contributed by atoms with van der Waals surface area (Å²) in [6, 6.07) is 0.398. The Morgan fingerprint density at radius 3 is 2.47 bits per heavy atom. The van der Waals surface area contributed by atoms with Gasteiger partial charge < -0.3 is 9.64 Å². The fourth-order valence-corrected chi connectivity index (χ4v) is 3.17. The number of rotatable bonds is 2. The second-order valence-electron chi connectivity index (χ2n) is 6.85. The summed E-state index contributed by atoms with van der Waals surface area (Å²) < 4.78 is 5.34. The van der Waals surface area contributed by atoms with Crippen molar-refractivity contribution in [1.82, 2.24) is 9.80 Å². The second kappa shape index (κ2) is 6.23. The van der Waals surface area contributed by atoms with Crippen molar-refractivity contribution in [2.45, 2.75) is 46.1 Å². The molecule has 4 nitrogen and oxygen atoms in total. The molecule has 0 aromatic carbocycles. The van der Waals surface area contributed by atoms with E-state index in [9.17, 15) is 4.79 Å². The van der Waals surface area contributed by atoms with Gasteiger partial charge in [0.25, 0.3) is 0 Å². The van der Waals surface area contributed by atoms with E-state index in [1.807, 2.05) is 0 Å². The van der Waals surface area contributed by atoms with Gasteiger partial charge in [-0.3, -0.25) is 9.69 Å². The van der Waals surface area contributed by atoms with Crippen LogP contribution in [0.1, 0.15) is 40.0 Å². The predicted molar refractivity (Wildman–Crippen MR) is 76.1 cm³/mol. The number of ether oxygens (including phenoxy) is 1. The highest BCUT2D eigenvalue weighted by Crippen LogP contribution is 2.31. The number of carbonyl (C=O) groups is 1. The van der Waals surface area contributed by atoms with E-state index in [1.54, 1.807) is 0 Å². The van der Waals surface area contributed by atoms with Crippen LogP contribution < -0.4 is 0 Å². The monoisotopic (exact) mass is 268 g/mol. The highest BCUT2D eigenvalue weighted by Gasteiger charge is 2.35. The number of hydrogen-bond acceptors (Lipinski definition) is 3. The number of nitrogens with zero attached hydrogens (tertiary/aromatic N) is 2. The van der Waals surface area contributed by atoms with Crippen molar-refractivity contribution in [2.75, 3.05) is 39.4 Å². The highest BCUT2D eigenvalue weighted by atomic mass is 16.5. The van der Waals surface area contributed by atoms with Gasteiger partial charge in [-0.15, -0.1) is 0 Å². The van der Waals surface area contributed by atoms with Crippen molar-refractivity contribution in [3.63, 3.8) is 0 Å². The van der Waals surface area contributed by atoms with Crippen molar-refractivity contribution < 1.29 is 9.53 Å². The lowest BCUT2D eigenvalue weighted by molar-refractivity contribution is -0.140. The topological polar surface area (TPSA) is 32.8 Å². The number of hydrogen-bond donors (Lipinski definition) is 0. The molecule has 4 heteroatoms. The zero-order valence-corrected chi connectivity index (χ0v) is 12.7. The summed E-state index contributed by atoms with van der Waals surface area (Å²) in [5.41, 5.74) is 0.182. The van der Waals surface area contributed by atoms with Crippen LogP contribution in [-0.4, -0.2) is 61.1 Å². The van der Waals surface area contributed by atoms with Gasteiger partial charge in [-0.05, 0) is 24.7 Å². The molecule has 2 heterocycles. The van der Waals surface area contributed by atoms with Gasteiger partial charge in [-0.2, -0.15) is 0 Å². The zero-order valence-electron chi connectivity index (χ0n) is 12.7. The maximum atomic E-state index is 12.6. The van der Waals surface area contributed by atoms with Crippen LogP contribution >= 0.6 is 0 Å². The summed E-state index contributed by atoms with van der Waals surface area (Å²) in [7, 11) is 0. The van der Waals surface area contributed by atoms with E-state index in [-0.39, 0.29) is 5.41 Å². The summed E-state index contributed by atoms with van der Waals surface area (Å²) in [5.74, 6) is 0.307. The van der Waals surface area contributed by atoms with Crippen LogP contribution in [0.4, 0.5) is 0 Å². The normalized spacial score (nSPS) is 26.5. The predicted octanol–water partition coefficient (Wildman–Crippen LogP) is 1.75. The summed E-state index contributed by atoms with van der Waals surface area (Å²) in [4.78, 5) is 16.9. The van der Waals surface area contributed by atoms with Crippen molar-refractivity contribution in [2.24, 2.45) is 5.41 Å². The minimum atomic E-state index is 0.182. The van der Waals surface area contributed by atoms with E-state index in [1.165, 1.54) is 6.42 Å². The van der Waals surface area contributed by atoms with E-state index < -0.39 is 0 Å². The van der Waals surface area contributed by atoms with Crippen LogP contribution in [0, 0.1) is 5.41 Å². The van der Waals surface area contributed by atoms with Crippen LogP contribution in [-0.2, 0) is 9.53 Å². The Morgan fingerprint density at radius 2 is 1.84 bits per heavy atom. The van der Waals surface area contributed by atoms with Gasteiger partial charge in [0.2, 0.25) is 5.91 Å². The Hall–Kier alpha value is -0.610. The fraction of sp³-hybridized carbons (Fsp3) is 0.933. The molecule has 110 valence electrons. The lowest BCUT2D eigenvalue weighted by Gasteiger charge is -2.44. The van der Waals surface area contributed by atoms with Crippen LogP contribution in [0.5, 0.6) is 0 Å². The van der Waals surface area contributed by atoms with E-state index in [0.29, 0.717) is 18.5 Å². The molecular formula is C15H28N2O2. The fourth-order valence-electron chi connectivity index (χ4n) is 3.17. The first-order valence-electron chi connectivity index (χ1n) is 7.58. The molecule has 2 aliphatic rings. The molecule has 0 saturated carbocycles. The summed E-state index contributed by atoms with van der Waals surface area (Å²) in [6.45, 7) is 11.5. The third-order valence-electron chi connectivity index (χ3n) is 4.29. The smallest absolute Gasteiger partial charge is 0.237 e. The Labute approximate surface area is 117 Å². The van der Waals surface area contributed by atoms with Gasteiger partial charge in [0.1, 0.15) is 0 Å². The molecular weight excluding hydrogens is 240 g/mol. The zero-order chi connectivity index (χ0) is 13.9. The first-order valence-corrected chi connectivity index (χ1v) is 7.58. The minimum Gasteiger partial charge on any atom is -0.379 e. The summed E-state index contributed by atoms with van der Waals surface area (Å²) in [6.07, 6.45) is 3.56. The van der Waals surface area contributed by atoms with E-state index in [0.717, 1.165) is 45.7 Å². The lowest BCUT2D eigenvalue weighted by atomic mass is 9.80. The molecule has 1 amide bonds. The summed E-state index contributed by atoms with van der Waals surface area (Å²) >= 11 is 0. The number of morpholine rings is 1. The first kappa shape index (κ1) is 14.8. The largest absolute Gasteiger partial charge is 0.379 e. The molecule has 0 bridgehead atoms. The molecule has 1 atom stereocenters. The molecule has 0 aliphatic carbocycles. The maximum absolute atomic E-state index is 12.6. The highest BCUT2D eigenvalue weighted by molar-refractivity contribution is 5.78. The Kier molecular flexibility index (Phi) is 4.85. The molecule has 0 N–H and O–H groups in total. The molecule has 2 rings (SSSR count). The van der Waals surface area contributed by atoms with Gasteiger partial charge in [0.05, 0.1) is 19.8 Å². The lowest BCUT2D eigenvalue weighted by Crippen LogP contribution is -2.53. The molecule has 19 heavy (non-hydrogen) atoms. The SMILES string of the molecule is CC(C)(C)C1CCCCN1C(=O)CN1CCOCC1. The van der Waals surface area contributed by atoms with Crippen LogP contribution in [0.2, 0.25) is 0 Å². The van der Waals surface area contributed by atoms with Crippen LogP contribution in [0.15, 0.2) is 0 Å². The van der Waals surface area contributed by atoms with E-state index in [2.05, 4.69) is 30.6 Å². The van der Waals surface area contributed by atoms with Gasteiger partial charge in [0.15, 0.2) is 0 Å². The average molecular weight is 268 g/mol. The van der Waals surface area contributed by atoms with Gasteiger partial charge >= 0.3 is 0 Å². The maximum Gasteiger partial charge on any atom is 0.237 e. The number of likely N-dealkylation sites (tertiary alicyclic amines) is 1. The van der Waals surface area contributed by atoms with Crippen molar-refractivity contribution in [1.29, 1.82) is 0 Å². The van der Waals surface area contributed by atoms with Crippen molar-refractivity contribution in [3.05, 3.63) is 0 Å². The average Bonchev–Trinajstić information content (AvgIpc) is 2.39. The number of amides is 1. The molecule has 0 radical (unpaired) electrons. The van der Waals surface area contributed by atoms with Crippen LogP contribution in [0.3, 0.4) is 0 Å². The van der Waals surface area contributed by atoms with Crippen molar-refractivity contribution >= 4 is 5.91 Å². The van der Waals surface area contributed by atoms with Crippen molar-refractivity contribution in [3.8, 4) is 0 Å². The van der Waals surface area contributed by atoms with Gasteiger partial charge in [-0.1, -0.05) is 20.8 Å². The van der Waals surface area contributed by atoms with E-state index >= 15 is 0 Å². The molecule has 2 aliphatic heterocycles. The molecule has 0 spiro atoms. The molecule has 0 aromatic rings. The Morgan fingerprint density at radius 1 is 1.16 bits per heavy atom. The second-order valence-corrected chi connectivity index (χ2v) is 6.85. The standard InChI is InChI=1S/C15H28N2O2/c1-15(2,3)13-6-4-5-7-17(13)14(18)12-16-8-10-19-11-9-16/h13H,4-12H2,1-3H3. The summed E-state index contributed by atoms with van der Waals surface area (Å²) in [5, 5.41) is 0. The van der Waals surface area contributed by atoms with Crippen LogP contribution in [0.25, 0.3) is 0 Å². The quantitative estimate of drug-likeness (QED) is 0.765. The molecule has 0 aromatic heterocycles. The Balaban J connectivity index is 1.95.